The molecule has 0 aliphatic heterocycles. The van der Waals surface area contributed by atoms with Crippen LogP contribution in [0.15, 0.2) is 0 Å². The zero-order valence-electron chi connectivity index (χ0n) is 11.2. The average Bonchev–Trinajstić information content (AvgIpc) is 3.14. The second-order valence-corrected chi connectivity index (χ2v) is 6.02. The van der Waals surface area contributed by atoms with Crippen molar-refractivity contribution in [3.63, 3.8) is 0 Å². The minimum Gasteiger partial charge on any atom is -0.313 e. The molecule has 2 saturated carbocycles. The average molecular weight is 223 g/mol. The van der Waals surface area contributed by atoms with Gasteiger partial charge < -0.3 is 5.32 Å². The van der Waals surface area contributed by atoms with Crippen LogP contribution in [0.25, 0.3) is 0 Å². The minimum atomic E-state index is 0.870. The molecular weight excluding hydrogens is 194 g/mol. The molecule has 1 N–H and O–H groups in total. The molecule has 0 saturated heterocycles. The Bertz CT molecular complexity index is 198. The third-order valence-electron chi connectivity index (χ3n) is 4.67. The van der Waals surface area contributed by atoms with Crippen molar-refractivity contribution < 1.29 is 0 Å². The summed E-state index contributed by atoms with van der Waals surface area (Å²) in [5.74, 6) is 3.06. The van der Waals surface area contributed by atoms with Crippen LogP contribution in [0.3, 0.4) is 0 Å². The highest BCUT2D eigenvalue weighted by Gasteiger charge is 2.37. The van der Waals surface area contributed by atoms with E-state index in [1.807, 2.05) is 0 Å². The molecule has 2 fully saturated rings. The highest BCUT2D eigenvalue weighted by molar-refractivity contribution is 4.92. The van der Waals surface area contributed by atoms with E-state index in [4.69, 9.17) is 0 Å². The van der Waals surface area contributed by atoms with Gasteiger partial charge in [0.2, 0.25) is 0 Å². The molecule has 2 rings (SSSR count). The Labute approximate surface area is 101 Å². The van der Waals surface area contributed by atoms with E-state index in [1.165, 1.54) is 57.9 Å². The second kappa shape index (κ2) is 6.05. The van der Waals surface area contributed by atoms with Gasteiger partial charge in [0.15, 0.2) is 0 Å². The van der Waals surface area contributed by atoms with E-state index in [-0.39, 0.29) is 0 Å². The van der Waals surface area contributed by atoms with E-state index in [0.717, 1.165) is 23.8 Å². The number of rotatable bonds is 6. The second-order valence-electron chi connectivity index (χ2n) is 6.02. The number of hydrogen-bond donors (Lipinski definition) is 1. The lowest BCUT2D eigenvalue weighted by Crippen LogP contribution is -2.40. The Kier molecular flexibility index (Phi) is 4.69. The molecule has 0 radical (unpaired) electrons. The summed E-state index contributed by atoms with van der Waals surface area (Å²) in [6, 6.07) is 0.870. The van der Waals surface area contributed by atoms with Crippen LogP contribution in [0.5, 0.6) is 0 Å². The summed E-state index contributed by atoms with van der Waals surface area (Å²) >= 11 is 0. The first-order valence-corrected chi connectivity index (χ1v) is 7.58. The zero-order chi connectivity index (χ0) is 11.4. The highest BCUT2D eigenvalue weighted by Crippen LogP contribution is 2.42. The Morgan fingerprint density at radius 1 is 1.06 bits per heavy atom. The molecule has 1 nitrogen and oxygen atoms in total. The van der Waals surface area contributed by atoms with Gasteiger partial charge in [-0.25, -0.2) is 0 Å². The third kappa shape index (κ3) is 3.23. The molecule has 16 heavy (non-hydrogen) atoms. The van der Waals surface area contributed by atoms with Crippen molar-refractivity contribution in [2.75, 3.05) is 6.54 Å². The van der Waals surface area contributed by atoms with E-state index in [9.17, 15) is 0 Å². The first-order chi connectivity index (χ1) is 7.85. The molecule has 94 valence electrons. The smallest absolute Gasteiger partial charge is 0.0124 e. The molecule has 0 bridgehead atoms. The van der Waals surface area contributed by atoms with Crippen LogP contribution >= 0.6 is 0 Å². The van der Waals surface area contributed by atoms with Gasteiger partial charge in [-0.3, -0.25) is 0 Å². The van der Waals surface area contributed by atoms with Crippen molar-refractivity contribution in [3.05, 3.63) is 0 Å². The summed E-state index contributed by atoms with van der Waals surface area (Å²) in [4.78, 5) is 0. The molecule has 0 aromatic heterocycles. The summed E-state index contributed by atoms with van der Waals surface area (Å²) in [7, 11) is 0. The SMILES string of the molecule is CCCNC(C1CC1)C1CCCC(CC)C1. The number of hydrogen-bond acceptors (Lipinski definition) is 1. The zero-order valence-corrected chi connectivity index (χ0v) is 11.2. The first-order valence-electron chi connectivity index (χ1n) is 7.58. The van der Waals surface area contributed by atoms with Crippen LogP contribution in [0.1, 0.15) is 65.2 Å². The molecule has 0 amide bonds. The van der Waals surface area contributed by atoms with Gasteiger partial charge >= 0.3 is 0 Å². The van der Waals surface area contributed by atoms with Gasteiger partial charge in [0.25, 0.3) is 0 Å². The van der Waals surface area contributed by atoms with Crippen LogP contribution in [0, 0.1) is 17.8 Å². The van der Waals surface area contributed by atoms with E-state index in [1.54, 1.807) is 0 Å². The summed E-state index contributed by atoms with van der Waals surface area (Å²) in [5.41, 5.74) is 0. The van der Waals surface area contributed by atoms with Crippen molar-refractivity contribution in [2.45, 2.75) is 71.3 Å². The van der Waals surface area contributed by atoms with Crippen molar-refractivity contribution in [3.8, 4) is 0 Å². The van der Waals surface area contributed by atoms with E-state index in [2.05, 4.69) is 19.2 Å². The maximum Gasteiger partial charge on any atom is 0.0124 e. The Morgan fingerprint density at radius 3 is 2.50 bits per heavy atom. The molecule has 1 heteroatoms. The van der Waals surface area contributed by atoms with Crippen molar-refractivity contribution in [1.29, 1.82) is 0 Å². The molecular formula is C15H29N. The fraction of sp³-hybridized carbons (Fsp3) is 1.00. The van der Waals surface area contributed by atoms with E-state index < -0.39 is 0 Å². The standard InChI is InChI=1S/C15H29N/c1-3-10-16-15(13-8-9-13)14-7-5-6-12(4-2)11-14/h12-16H,3-11H2,1-2H3. The van der Waals surface area contributed by atoms with Crippen LogP contribution in [0.2, 0.25) is 0 Å². The molecule has 0 aromatic rings. The first kappa shape index (κ1) is 12.4. The van der Waals surface area contributed by atoms with Gasteiger partial charge in [0.1, 0.15) is 0 Å². The largest absolute Gasteiger partial charge is 0.313 e. The Morgan fingerprint density at radius 2 is 1.88 bits per heavy atom. The van der Waals surface area contributed by atoms with Gasteiger partial charge in [-0.15, -0.1) is 0 Å². The maximum atomic E-state index is 3.85. The monoisotopic (exact) mass is 223 g/mol. The number of nitrogens with one attached hydrogen (secondary N) is 1. The predicted octanol–water partition coefficient (Wildman–Crippen LogP) is 3.98. The molecule has 0 heterocycles. The fourth-order valence-corrected chi connectivity index (χ4v) is 3.51. The quantitative estimate of drug-likeness (QED) is 0.718. The summed E-state index contributed by atoms with van der Waals surface area (Å²) in [5, 5.41) is 3.85. The molecule has 3 unspecified atom stereocenters. The maximum absolute atomic E-state index is 3.85. The summed E-state index contributed by atoms with van der Waals surface area (Å²) in [6.07, 6.45) is 11.7. The predicted molar refractivity (Wildman–Crippen MR) is 70.5 cm³/mol. The third-order valence-corrected chi connectivity index (χ3v) is 4.67. The normalized spacial score (nSPS) is 32.6. The Balaban J connectivity index is 1.85. The van der Waals surface area contributed by atoms with Gasteiger partial charge in [-0.05, 0) is 56.4 Å². The van der Waals surface area contributed by atoms with Crippen molar-refractivity contribution in [2.24, 2.45) is 17.8 Å². The molecule has 2 aliphatic carbocycles. The van der Waals surface area contributed by atoms with Gasteiger partial charge in [0, 0.05) is 6.04 Å². The molecule has 3 atom stereocenters. The van der Waals surface area contributed by atoms with Gasteiger partial charge in [0.05, 0.1) is 0 Å². The molecule has 2 aliphatic rings. The fourth-order valence-electron chi connectivity index (χ4n) is 3.51. The lowest BCUT2D eigenvalue weighted by atomic mass is 9.75. The summed E-state index contributed by atoms with van der Waals surface area (Å²) in [6.45, 7) is 5.89. The van der Waals surface area contributed by atoms with Gasteiger partial charge in [-0.1, -0.05) is 33.1 Å². The van der Waals surface area contributed by atoms with E-state index >= 15 is 0 Å². The van der Waals surface area contributed by atoms with Crippen LogP contribution < -0.4 is 5.32 Å². The molecule has 0 spiro atoms. The lowest BCUT2D eigenvalue weighted by molar-refractivity contribution is 0.195. The highest BCUT2D eigenvalue weighted by atomic mass is 14.9. The minimum absolute atomic E-state index is 0.870. The summed E-state index contributed by atoms with van der Waals surface area (Å²) < 4.78 is 0. The van der Waals surface area contributed by atoms with Crippen LogP contribution in [-0.4, -0.2) is 12.6 Å². The lowest BCUT2D eigenvalue weighted by Gasteiger charge is -2.35. The topological polar surface area (TPSA) is 12.0 Å². The Hall–Kier alpha value is -0.0400. The van der Waals surface area contributed by atoms with Crippen molar-refractivity contribution >= 4 is 0 Å². The van der Waals surface area contributed by atoms with Gasteiger partial charge in [-0.2, -0.15) is 0 Å². The molecule has 0 aromatic carbocycles. The van der Waals surface area contributed by atoms with Crippen molar-refractivity contribution in [1.82, 2.24) is 5.32 Å². The van der Waals surface area contributed by atoms with E-state index in [0.29, 0.717) is 0 Å². The van der Waals surface area contributed by atoms with Crippen LogP contribution in [0.4, 0.5) is 0 Å². The van der Waals surface area contributed by atoms with Crippen LogP contribution in [-0.2, 0) is 0 Å².